The van der Waals surface area contributed by atoms with Gasteiger partial charge in [-0.15, -0.1) is 0 Å². The second-order valence-electron chi connectivity index (χ2n) is 2.77. The Hall–Kier alpha value is -1.11. The Morgan fingerprint density at radius 3 is 3.07 bits per heavy atom. The Morgan fingerprint density at radius 1 is 1.57 bits per heavy atom. The maximum Gasteiger partial charge on any atom is 0.339 e. The second-order valence-corrected chi connectivity index (χ2v) is 3.93. The second kappa shape index (κ2) is 3.56. The summed E-state index contributed by atoms with van der Waals surface area (Å²) in [7, 11) is 1.35. The molecule has 0 aliphatic carbocycles. The fourth-order valence-electron chi connectivity index (χ4n) is 1.20. The number of methoxy groups -OCH3 is 1. The van der Waals surface area contributed by atoms with E-state index in [0.717, 1.165) is 14.7 Å². The Bertz CT molecular complexity index is 493. The SMILES string of the molecule is COC(=O)c1cnc2cc(I)[nH]c2c1. The smallest absolute Gasteiger partial charge is 0.339 e. The average Bonchev–Trinajstić information content (AvgIpc) is 2.55. The zero-order valence-electron chi connectivity index (χ0n) is 7.37. The lowest BCUT2D eigenvalue weighted by molar-refractivity contribution is 0.0600. The van der Waals surface area contributed by atoms with Crippen LogP contribution in [0.2, 0.25) is 0 Å². The Balaban J connectivity index is 2.55. The minimum absolute atomic E-state index is 0.371. The van der Waals surface area contributed by atoms with Gasteiger partial charge in [0.1, 0.15) is 0 Å². The number of H-pyrrole nitrogens is 1. The average molecular weight is 302 g/mol. The lowest BCUT2D eigenvalue weighted by Gasteiger charge is -1.97. The summed E-state index contributed by atoms with van der Waals surface area (Å²) >= 11 is 2.16. The molecule has 0 aliphatic heterocycles. The number of aromatic nitrogens is 2. The zero-order valence-corrected chi connectivity index (χ0v) is 9.53. The number of hydrogen-bond donors (Lipinski definition) is 1. The number of carbonyl (C=O) groups excluding carboxylic acids is 1. The van der Waals surface area contributed by atoms with E-state index >= 15 is 0 Å². The summed E-state index contributed by atoms with van der Waals surface area (Å²) in [5, 5.41) is 0. The van der Waals surface area contributed by atoms with Gasteiger partial charge in [0.25, 0.3) is 0 Å². The molecule has 0 saturated carbocycles. The van der Waals surface area contributed by atoms with Crippen molar-refractivity contribution in [2.45, 2.75) is 0 Å². The predicted molar refractivity (Wildman–Crippen MR) is 60.2 cm³/mol. The molecule has 2 rings (SSSR count). The van der Waals surface area contributed by atoms with Crippen molar-refractivity contribution < 1.29 is 9.53 Å². The molecule has 14 heavy (non-hydrogen) atoms. The first-order chi connectivity index (χ1) is 6.70. The first-order valence-electron chi connectivity index (χ1n) is 3.93. The number of pyridine rings is 1. The van der Waals surface area contributed by atoms with Crippen molar-refractivity contribution in [1.82, 2.24) is 9.97 Å². The fraction of sp³-hybridized carbons (Fsp3) is 0.111. The number of ether oxygens (including phenoxy) is 1. The molecule has 5 heteroatoms. The van der Waals surface area contributed by atoms with Crippen molar-refractivity contribution in [2.75, 3.05) is 7.11 Å². The molecule has 2 aromatic rings. The van der Waals surface area contributed by atoms with Gasteiger partial charge < -0.3 is 9.72 Å². The summed E-state index contributed by atoms with van der Waals surface area (Å²) < 4.78 is 5.59. The topological polar surface area (TPSA) is 55.0 Å². The van der Waals surface area contributed by atoms with Gasteiger partial charge in [-0.25, -0.2) is 4.79 Å². The maximum absolute atomic E-state index is 11.2. The van der Waals surface area contributed by atoms with Crippen LogP contribution in [0.25, 0.3) is 11.0 Å². The first-order valence-corrected chi connectivity index (χ1v) is 5.01. The molecule has 0 fully saturated rings. The molecule has 1 N–H and O–H groups in total. The number of carbonyl (C=O) groups is 1. The highest BCUT2D eigenvalue weighted by molar-refractivity contribution is 14.1. The summed E-state index contributed by atoms with van der Waals surface area (Å²) in [5.74, 6) is -0.371. The summed E-state index contributed by atoms with van der Waals surface area (Å²) in [6, 6.07) is 3.65. The molecule has 0 unspecified atom stereocenters. The number of hydrogen-bond acceptors (Lipinski definition) is 3. The molecule has 0 aromatic carbocycles. The molecular formula is C9H7IN2O2. The van der Waals surface area contributed by atoms with Gasteiger partial charge >= 0.3 is 5.97 Å². The highest BCUT2D eigenvalue weighted by atomic mass is 127. The number of rotatable bonds is 1. The van der Waals surface area contributed by atoms with E-state index in [1.807, 2.05) is 6.07 Å². The van der Waals surface area contributed by atoms with Gasteiger partial charge in [0.05, 0.1) is 27.4 Å². The van der Waals surface area contributed by atoms with Gasteiger partial charge in [0.15, 0.2) is 0 Å². The Labute approximate surface area is 93.8 Å². The molecule has 2 heterocycles. The molecule has 0 aliphatic rings. The van der Waals surface area contributed by atoms with Crippen molar-refractivity contribution in [3.8, 4) is 0 Å². The number of halogens is 1. The largest absolute Gasteiger partial charge is 0.465 e. The van der Waals surface area contributed by atoms with Gasteiger partial charge in [0, 0.05) is 6.20 Å². The normalized spacial score (nSPS) is 10.4. The lowest BCUT2D eigenvalue weighted by Crippen LogP contribution is -2.01. The molecule has 0 spiro atoms. The van der Waals surface area contributed by atoms with Gasteiger partial charge in [0.2, 0.25) is 0 Å². The summed E-state index contributed by atoms with van der Waals surface area (Å²) in [5.41, 5.74) is 2.15. The minimum Gasteiger partial charge on any atom is -0.465 e. The van der Waals surface area contributed by atoms with Gasteiger partial charge in [-0.2, -0.15) is 0 Å². The van der Waals surface area contributed by atoms with E-state index in [-0.39, 0.29) is 5.97 Å². The van der Waals surface area contributed by atoms with E-state index in [2.05, 4.69) is 37.3 Å². The van der Waals surface area contributed by atoms with Gasteiger partial charge in [-0.1, -0.05) is 0 Å². The van der Waals surface area contributed by atoms with Crippen molar-refractivity contribution in [2.24, 2.45) is 0 Å². The number of nitrogens with zero attached hydrogens (tertiary/aromatic N) is 1. The van der Waals surface area contributed by atoms with E-state index in [1.54, 1.807) is 6.07 Å². The molecule has 0 radical (unpaired) electrons. The van der Waals surface area contributed by atoms with Gasteiger partial charge in [-0.3, -0.25) is 4.98 Å². The van der Waals surface area contributed by atoms with Crippen molar-refractivity contribution in [3.63, 3.8) is 0 Å². The van der Waals surface area contributed by atoms with Crippen LogP contribution >= 0.6 is 22.6 Å². The van der Waals surface area contributed by atoms with Crippen LogP contribution in [0, 0.1) is 3.70 Å². The standard InChI is InChI=1S/C9H7IN2O2/c1-14-9(13)5-2-7-6(11-4-5)3-8(10)12-7/h2-4,12H,1H3. The number of fused-ring (bicyclic) bond motifs is 1. The third kappa shape index (κ3) is 1.59. The van der Waals surface area contributed by atoms with Crippen LogP contribution in [0.15, 0.2) is 18.3 Å². The third-order valence-corrected chi connectivity index (χ3v) is 2.44. The highest BCUT2D eigenvalue weighted by Crippen LogP contribution is 2.15. The molecule has 0 atom stereocenters. The van der Waals surface area contributed by atoms with E-state index in [4.69, 9.17) is 0 Å². The Morgan fingerprint density at radius 2 is 2.36 bits per heavy atom. The van der Waals surface area contributed by atoms with Crippen molar-refractivity contribution in [1.29, 1.82) is 0 Å². The maximum atomic E-state index is 11.2. The van der Waals surface area contributed by atoms with Crippen molar-refractivity contribution in [3.05, 3.63) is 27.6 Å². The summed E-state index contributed by atoms with van der Waals surface area (Å²) in [6.07, 6.45) is 1.51. The van der Waals surface area contributed by atoms with Gasteiger partial charge in [-0.05, 0) is 34.7 Å². The predicted octanol–water partition coefficient (Wildman–Crippen LogP) is 1.95. The number of aromatic amines is 1. The molecule has 72 valence electrons. The Kier molecular flexibility index (Phi) is 2.40. The van der Waals surface area contributed by atoms with E-state index in [0.29, 0.717) is 5.56 Å². The molecule has 0 saturated heterocycles. The summed E-state index contributed by atoms with van der Waals surface area (Å²) in [4.78, 5) is 18.4. The highest BCUT2D eigenvalue weighted by Gasteiger charge is 2.07. The zero-order chi connectivity index (χ0) is 10.1. The van der Waals surface area contributed by atoms with Crippen LogP contribution < -0.4 is 0 Å². The van der Waals surface area contributed by atoms with Crippen LogP contribution in [0.1, 0.15) is 10.4 Å². The molecular weight excluding hydrogens is 295 g/mol. The van der Waals surface area contributed by atoms with Crippen LogP contribution in [0.5, 0.6) is 0 Å². The third-order valence-electron chi connectivity index (χ3n) is 1.86. The minimum atomic E-state index is -0.371. The number of nitrogens with one attached hydrogen (secondary N) is 1. The van der Waals surface area contributed by atoms with Crippen LogP contribution in [-0.4, -0.2) is 23.0 Å². The molecule has 0 bridgehead atoms. The summed E-state index contributed by atoms with van der Waals surface area (Å²) in [6.45, 7) is 0. The van der Waals surface area contributed by atoms with Crippen LogP contribution in [0.4, 0.5) is 0 Å². The van der Waals surface area contributed by atoms with E-state index in [9.17, 15) is 4.79 Å². The lowest BCUT2D eigenvalue weighted by atomic mass is 10.2. The quantitative estimate of drug-likeness (QED) is 0.647. The fourth-order valence-corrected chi connectivity index (χ4v) is 1.79. The molecule has 2 aromatic heterocycles. The monoisotopic (exact) mass is 302 g/mol. The number of esters is 1. The van der Waals surface area contributed by atoms with Crippen LogP contribution in [-0.2, 0) is 4.74 Å². The van der Waals surface area contributed by atoms with Crippen molar-refractivity contribution >= 4 is 39.6 Å². The van der Waals surface area contributed by atoms with Crippen LogP contribution in [0.3, 0.4) is 0 Å². The van der Waals surface area contributed by atoms with E-state index < -0.39 is 0 Å². The first kappa shape index (κ1) is 9.45. The molecule has 0 amide bonds. The molecule has 4 nitrogen and oxygen atoms in total. The van der Waals surface area contributed by atoms with E-state index in [1.165, 1.54) is 13.3 Å².